The molecule has 36 heavy (non-hydrogen) atoms. The normalized spacial score (nSPS) is 14.7. The van der Waals surface area contributed by atoms with Crippen LogP contribution in [0.4, 0.5) is 5.69 Å². The fourth-order valence-corrected chi connectivity index (χ4v) is 3.78. The summed E-state index contributed by atoms with van der Waals surface area (Å²) < 4.78 is 17.0. The Kier molecular flexibility index (Phi) is 7.65. The number of hydrogen-bond acceptors (Lipinski definition) is 6. The molecule has 2 amide bonds. The van der Waals surface area contributed by atoms with Gasteiger partial charge in [-0.3, -0.25) is 19.8 Å². The standard InChI is InChI=1S/C28H26N2O5S/c1-18(2)17-34-24-14-9-19(16-25(24)33-3)15-23-26(31)29-28(36)30(27(23)32)20-10-12-22(13-11-20)35-21-7-5-4-6-8-21/h4-16,18H,17H2,1-3H3,(H,29,31,36). The number of methoxy groups -OCH3 is 1. The Labute approximate surface area is 215 Å². The highest BCUT2D eigenvalue weighted by Gasteiger charge is 2.34. The van der Waals surface area contributed by atoms with Crippen molar-refractivity contribution in [1.82, 2.24) is 5.32 Å². The second kappa shape index (κ2) is 11.0. The number of anilines is 1. The summed E-state index contributed by atoms with van der Waals surface area (Å²) in [5, 5.41) is 2.61. The minimum Gasteiger partial charge on any atom is -0.493 e. The van der Waals surface area contributed by atoms with E-state index in [1.807, 2.05) is 30.3 Å². The highest BCUT2D eigenvalue weighted by atomic mass is 32.1. The van der Waals surface area contributed by atoms with Crippen molar-refractivity contribution >= 4 is 40.9 Å². The Bertz CT molecular complexity index is 1300. The minimum absolute atomic E-state index is 0.00823. The number of nitrogens with zero attached hydrogens (tertiary/aromatic N) is 1. The molecule has 0 unspecified atom stereocenters. The van der Waals surface area contributed by atoms with Crippen LogP contribution in [0, 0.1) is 5.92 Å². The summed E-state index contributed by atoms with van der Waals surface area (Å²) in [6, 6.07) is 21.5. The summed E-state index contributed by atoms with van der Waals surface area (Å²) in [5.41, 5.74) is 1.07. The largest absolute Gasteiger partial charge is 0.493 e. The van der Waals surface area contributed by atoms with Crippen molar-refractivity contribution < 1.29 is 23.8 Å². The van der Waals surface area contributed by atoms with Gasteiger partial charge in [-0.25, -0.2) is 0 Å². The Morgan fingerprint density at radius 1 is 0.944 bits per heavy atom. The SMILES string of the molecule is COc1cc(C=C2C(=O)NC(=S)N(c3ccc(Oc4ccccc4)cc3)C2=O)ccc1OCC(C)C. The zero-order chi connectivity index (χ0) is 25.7. The van der Waals surface area contributed by atoms with Crippen molar-refractivity contribution in [3.05, 3.63) is 83.9 Å². The lowest BCUT2D eigenvalue weighted by Gasteiger charge is -2.29. The quantitative estimate of drug-likeness (QED) is 0.254. The lowest BCUT2D eigenvalue weighted by molar-refractivity contribution is -0.122. The molecule has 7 nitrogen and oxygen atoms in total. The number of para-hydroxylation sites is 1. The van der Waals surface area contributed by atoms with E-state index in [0.717, 1.165) is 0 Å². The molecule has 1 heterocycles. The molecule has 1 aliphatic heterocycles. The summed E-state index contributed by atoms with van der Waals surface area (Å²) in [7, 11) is 1.54. The van der Waals surface area contributed by atoms with Gasteiger partial charge in [-0.1, -0.05) is 38.1 Å². The highest BCUT2D eigenvalue weighted by molar-refractivity contribution is 7.80. The zero-order valence-electron chi connectivity index (χ0n) is 20.2. The summed E-state index contributed by atoms with van der Waals surface area (Å²) in [6.45, 7) is 4.65. The average Bonchev–Trinajstić information content (AvgIpc) is 2.87. The number of rotatable bonds is 8. The molecule has 1 aliphatic rings. The first-order chi connectivity index (χ1) is 17.4. The van der Waals surface area contributed by atoms with E-state index in [9.17, 15) is 9.59 Å². The van der Waals surface area contributed by atoms with Crippen LogP contribution in [0.3, 0.4) is 0 Å². The Morgan fingerprint density at radius 3 is 2.31 bits per heavy atom. The van der Waals surface area contributed by atoms with Crippen molar-refractivity contribution in [1.29, 1.82) is 0 Å². The van der Waals surface area contributed by atoms with Crippen LogP contribution in [0.25, 0.3) is 6.08 Å². The fourth-order valence-electron chi connectivity index (χ4n) is 3.50. The van der Waals surface area contributed by atoms with Crippen LogP contribution >= 0.6 is 12.2 Å². The summed E-state index contributed by atoms with van der Waals surface area (Å²) in [4.78, 5) is 27.3. The fraction of sp³-hybridized carbons (Fsp3) is 0.179. The summed E-state index contributed by atoms with van der Waals surface area (Å²) in [5.74, 6) is 1.66. The molecule has 0 aromatic heterocycles. The number of carbonyl (C=O) groups excluding carboxylic acids is 2. The molecule has 0 bridgehead atoms. The molecule has 1 fully saturated rings. The first kappa shape index (κ1) is 24.9. The predicted octanol–water partition coefficient (Wildman–Crippen LogP) is 5.35. The number of carbonyl (C=O) groups is 2. The van der Waals surface area contributed by atoms with Gasteiger partial charge in [0, 0.05) is 0 Å². The molecule has 184 valence electrons. The topological polar surface area (TPSA) is 77.1 Å². The van der Waals surface area contributed by atoms with Crippen LogP contribution in [0.15, 0.2) is 78.4 Å². The molecule has 0 radical (unpaired) electrons. The lowest BCUT2D eigenvalue weighted by Crippen LogP contribution is -2.54. The van der Waals surface area contributed by atoms with Crippen LogP contribution in [0.5, 0.6) is 23.0 Å². The number of benzene rings is 3. The van der Waals surface area contributed by atoms with E-state index in [-0.39, 0.29) is 10.7 Å². The average molecular weight is 503 g/mol. The zero-order valence-corrected chi connectivity index (χ0v) is 21.0. The first-order valence-electron chi connectivity index (χ1n) is 11.4. The van der Waals surface area contributed by atoms with Crippen LogP contribution in [-0.2, 0) is 9.59 Å². The van der Waals surface area contributed by atoms with Crippen molar-refractivity contribution in [3.63, 3.8) is 0 Å². The Morgan fingerprint density at radius 2 is 1.64 bits per heavy atom. The van der Waals surface area contributed by atoms with E-state index in [4.69, 9.17) is 26.4 Å². The number of nitrogens with one attached hydrogen (secondary N) is 1. The number of hydrogen-bond donors (Lipinski definition) is 1. The maximum absolute atomic E-state index is 13.3. The Balaban J connectivity index is 1.57. The highest BCUT2D eigenvalue weighted by Crippen LogP contribution is 2.31. The minimum atomic E-state index is -0.565. The maximum atomic E-state index is 13.3. The van der Waals surface area contributed by atoms with Gasteiger partial charge < -0.3 is 14.2 Å². The second-order valence-corrected chi connectivity index (χ2v) is 8.87. The second-order valence-electron chi connectivity index (χ2n) is 8.48. The molecule has 3 aromatic carbocycles. The smallest absolute Gasteiger partial charge is 0.270 e. The molecular weight excluding hydrogens is 476 g/mol. The van der Waals surface area contributed by atoms with Crippen molar-refractivity contribution in [2.45, 2.75) is 13.8 Å². The van der Waals surface area contributed by atoms with Gasteiger partial charge in [-0.15, -0.1) is 0 Å². The van der Waals surface area contributed by atoms with Crippen LogP contribution in [0.2, 0.25) is 0 Å². The van der Waals surface area contributed by atoms with Crippen molar-refractivity contribution in [2.75, 3.05) is 18.6 Å². The van der Waals surface area contributed by atoms with Gasteiger partial charge in [0.15, 0.2) is 16.6 Å². The summed E-state index contributed by atoms with van der Waals surface area (Å²) in [6.07, 6.45) is 1.51. The molecule has 0 spiro atoms. The van der Waals surface area contributed by atoms with Gasteiger partial charge in [0.1, 0.15) is 17.1 Å². The van der Waals surface area contributed by atoms with E-state index < -0.39 is 11.8 Å². The molecular formula is C28H26N2O5S. The maximum Gasteiger partial charge on any atom is 0.270 e. The number of thiocarbonyl (C=S) groups is 1. The third-order valence-corrected chi connectivity index (χ3v) is 5.53. The van der Waals surface area contributed by atoms with Gasteiger partial charge in [0.25, 0.3) is 11.8 Å². The number of ether oxygens (including phenoxy) is 3. The molecule has 4 rings (SSSR count). The van der Waals surface area contributed by atoms with Gasteiger partial charge >= 0.3 is 0 Å². The van der Waals surface area contributed by atoms with Gasteiger partial charge in [0.2, 0.25) is 0 Å². The molecule has 0 saturated carbocycles. The van der Waals surface area contributed by atoms with Crippen molar-refractivity contribution in [3.8, 4) is 23.0 Å². The van der Waals surface area contributed by atoms with E-state index in [1.54, 1.807) is 42.5 Å². The number of amides is 2. The molecule has 8 heteroatoms. The Hall–Kier alpha value is -4.17. The van der Waals surface area contributed by atoms with Crippen LogP contribution < -0.4 is 24.4 Å². The van der Waals surface area contributed by atoms with Crippen LogP contribution in [0.1, 0.15) is 19.4 Å². The molecule has 0 aliphatic carbocycles. The molecule has 0 atom stereocenters. The van der Waals surface area contributed by atoms with Crippen LogP contribution in [-0.4, -0.2) is 30.6 Å². The molecule has 3 aromatic rings. The molecule has 1 N–H and O–H groups in total. The van der Waals surface area contributed by atoms with Crippen molar-refractivity contribution in [2.24, 2.45) is 5.92 Å². The summed E-state index contributed by atoms with van der Waals surface area (Å²) >= 11 is 5.30. The van der Waals surface area contributed by atoms with Gasteiger partial charge in [0.05, 0.1) is 19.4 Å². The lowest BCUT2D eigenvalue weighted by atomic mass is 10.1. The third kappa shape index (κ3) is 5.72. The van der Waals surface area contributed by atoms with E-state index in [1.165, 1.54) is 18.1 Å². The van der Waals surface area contributed by atoms with Gasteiger partial charge in [-0.2, -0.15) is 0 Å². The van der Waals surface area contributed by atoms with E-state index in [2.05, 4.69) is 19.2 Å². The van der Waals surface area contributed by atoms with E-state index >= 15 is 0 Å². The molecule has 1 saturated heterocycles. The monoisotopic (exact) mass is 502 g/mol. The van der Waals surface area contributed by atoms with Gasteiger partial charge in [-0.05, 0) is 78.3 Å². The third-order valence-electron chi connectivity index (χ3n) is 5.25. The first-order valence-corrected chi connectivity index (χ1v) is 11.8. The predicted molar refractivity (Wildman–Crippen MR) is 142 cm³/mol. The van der Waals surface area contributed by atoms with E-state index in [0.29, 0.717) is 46.8 Å².